The average molecular weight is 392 g/mol. The molecular weight excluding hydrogens is 366 g/mol. The normalized spacial score (nSPS) is 21.5. The number of thiophene rings is 1. The van der Waals surface area contributed by atoms with Crippen molar-refractivity contribution in [2.45, 2.75) is 75.3 Å². The minimum Gasteiger partial charge on any atom is -0.410 e. The van der Waals surface area contributed by atoms with Crippen molar-refractivity contribution in [3.05, 3.63) is 16.5 Å². The van der Waals surface area contributed by atoms with E-state index < -0.39 is 0 Å². The van der Waals surface area contributed by atoms with Crippen LogP contribution in [0.4, 0.5) is 0 Å². The largest absolute Gasteiger partial charge is 0.410 e. The lowest BCUT2D eigenvalue weighted by atomic mass is 9.90. The van der Waals surface area contributed by atoms with Crippen LogP contribution in [-0.2, 0) is 17.6 Å². The number of nitrogens with one attached hydrogen (secondary N) is 1. The van der Waals surface area contributed by atoms with Gasteiger partial charge in [0.1, 0.15) is 0 Å². The van der Waals surface area contributed by atoms with Gasteiger partial charge in [0.25, 0.3) is 11.1 Å². The number of carbonyl (C=O) groups is 1. The lowest BCUT2D eigenvalue weighted by Gasteiger charge is -2.16. The number of nitrogens with zero attached hydrogens (tertiary/aromatic N) is 2. The van der Waals surface area contributed by atoms with Crippen molar-refractivity contribution >= 4 is 29.0 Å². The van der Waals surface area contributed by atoms with Crippen LogP contribution in [0.1, 0.15) is 56.4 Å². The molecule has 4 rings (SSSR count). The molecule has 2 aromatic rings. The quantitative estimate of drug-likeness (QED) is 0.762. The van der Waals surface area contributed by atoms with Gasteiger partial charge in [0.15, 0.2) is 0 Å². The van der Waals surface area contributed by atoms with E-state index in [0.29, 0.717) is 17.2 Å². The Kier molecular flexibility index (Phi) is 5.36. The van der Waals surface area contributed by atoms with Gasteiger partial charge >= 0.3 is 0 Å². The van der Waals surface area contributed by atoms with Crippen molar-refractivity contribution in [2.24, 2.45) is 5.92 Å². The SMILES string of the molecule is C[C@H]1CCc2sc(-c3nnc(S[C@H](C)C(=O)NC4CCCC4)o3)cc2C1. The Hall–Kier alpha value is -1.34. The van der Waals surface area contributed by atoms with Gasteiger partial charge in [-0.2, -0.15) is 0 Å². The van der Waals surface area contributed by atoms with Gasteiger partial charge in [0, 0.05) is 10.9 Å². The molecule has 0 spiro atoms. The molecule has 0 unspecified atom stereocenters. The molecule has 2 aliphatic rings. The minimum absolute atomic E-state index is 0.0576. The van der Waals surface area contributed by atoms with Crippen LogP contribution in [-0.4, -0.2) is 27.4 Å². The molecule has 7 heteroatoms. The van der Waals surface area contributed by atoms with E-state index in [-0.39, 0.29) is 11.2 Å². The van der Waals surface area contributed by atoms with Crippen LogP contribution in [0.3, 0.4) is 0 Å². The van der Waals surface area contributed by atoms with Crippen molar-refractivity contribution in [1.82, 2.24) is 15.5 Å². The molecule has 1 N–H and O–H groups in total. The molecule has 0 aliphatic heterocycles. The van der Waals surface area contributed by atoms with Crippen LogP contribution in [0.15, 0.2) is 15.7 Å². The van der Waals surface area contributed by atoms with Crippen LogP contribution in [0.2, 0.25) is 0 Å². The molecule has 2 heterocycles. The predicted octanol–water partition coefficient (Wildman–Crippen LogP) is 4.46. The first-order valence-electron chi connectivity index (χ1n) is 9.51. The minimum atomic E-state index is -0.235. The number of hydrogen-bond donors (Lipinski definition) is 1. The Bertz CT molecular complexity index is 780. The Labute approximate surface area is 162 Å². The Balaban J connectivity index is 1.39. The van der Waals surface area contributed by atoms with Gasteiger partial charge in [0.05, 0.1) is 10.1 Å². The second-order valence-electron chi connectivity index (χ2n) is 7.53. The van der Waals surface area contributed by atoms with E-state index in [2.05, 4.69) is 28.5 Å². The summed E-state index contributed by atoms with van der Waals surface area (Å²) in [6.07, 6.45) is 8.15. The number of thioether (sulfide) groups is 1. The average Bonchev–Trinajstić information content (AvgIpc) is 3.34. The first-order chi connectivity index (χ1) is 12.6. The Morgan fingerprint density at radius 2 is 2.15 bits per heavy atom. The van der Waals surface area contributed by atoms with Gasteiger partial charge in [-0.1, -0.05) is 31.5 Å². The highest BCUT2D eigenvalue weighted by molar-refractivity contribution is 8.00. The highest BCUT2D eigenvalue weighted by Gasteiger charge is 2.24. The van der Waals surface area contributed by atoms with Crippen molar-refractivity contribution in [3.8, 4) is 10.8 Å². The molecular formula is C19H25N3O2S2. The smallest absolute Gasteiger partial charge is 0.277 e. The van der Waals surface area contributed by atoms with Gasteiger partial charge in [-0.3, -0.25) is 4.79 Å². The van der Waals surface area contributed by atoms with E-state index in [1.165, 1.54) is 41.5 Å². The lowest BCUT2D eigenvalue weighted by molar-refractivity contribution is -0.120. The number of hydrogen-bond acceptors (Lipinski definition) is 6. The zero-order chi connectivity index (χ0) is 18.1. The Morgan fingerprint density at radius 1 is 1.35 bits per heavy atom. The summed E-state index contributed by atoms with van der Waals surface area (Å²) in [5, 5.41) is 11.7. The molecule has 0 aromatic carbocycles. The molecule has 5 nitrogen and oxygen atoms in total. The van der Waals surface area contributed by atoms with Crippen LogP contribution in [0.5, 0.6) is 0 Å². The molecule has 140 valence electrons. The number of amides is 1. The molecule has 1 saturated carbocycles. The maximum absolute atomic E-state index is 12.3. The summed E-state index contributed by atoms with van der Waals surface area (Å²) in [7, 11) is 0. The molecule has 2 aromatic heterocycles. The van der Waals surface area contributed by atoms with E-state index >= 15 is 0 Å². The fourth-order valence-corrected chi connectivity index (χ4v) is 5.58. The zero-order valence-electron chi connectivity index (χ0n) is 15.3. The third kappa shape index (κ3) is 3.98. The number of aryl methyl sites for hydroxylation is 1. The standard InChI is InChI=1S/C19H25N3O2S2/c1-11-7-8-15-13(9-11)10-16(26-15)18-21-22-19(24-18)25-12(2)17(23)20-14-5-3-4-6-14/h10-12,14H,3-9H2,1-2H3,(H,20,23)/t11-,12+/m0/s1. The maximum atomic E-state index is 12.3. The fraction of sp³-hybridized carbons (Fsp3) is 0.632. The van der Waals surface area contributed by atoms with Crippen LogP contribution >= 0.6 is 23.1 Å². The second kappa shape index (κ2) is 7.72. The fourth-order valence-electron chi connectivity index (χ4n) is 3.76. The van der Waals surface area contributed by atoms with Crippen molar-refractivity contribution < 1.29 is 9.21 Å². The number of aromatic nitrogens is 2. The summed E-state index contributed by atoms with van der Waals surface area (Å²) >= 11 is 3.10. The maximum Gasteiger partial charge on any atom is 0.277 e. The number of rotatable bonds is 5. The van der Waals surface area contributed by atoms with Crippen LogP contribution in [0, 0.1) is 5.92 Å². The topological polar surface area (TPSA) is 68.0 Å². The molecule has 1 amide bonds. The summed E-state index contributed by atoms with van der Waals surface area (Å²) in [5.74, 6) is 1.38. The lowest BCUT2D eigenvalue weighted by Crippen LogP contribution is -2.37. The summed E-state index contributed by atoms with van der Waals surface area (Å²) in [6.45, 7) is 4.20. The molecule has 2 aliphatic carbocycles. The summed E-state index contributed by atoms with van der Waals surface area (Å²) < 4.78 is 5.84. The molecule has 1 fully saturated rings. The summed E-state index contributed by atoms with van der Waals surface area (Å²) in [4.78, 5) is 14.8. The molecule has 0 radical (unpaired) electrons. The monoisotopic (exact) mass is 391 g/mol. The predicted molar refractivity (Wildman–Crippen MR) is 105 cm³/mol. The van der Waals surface area contributed by atoms with E-state index in [0.717, 1.165) is 36.5 Å². The highest BCUT2D eigenvalue weighted by atomic mass is 32.2. The first-order valence-corrected chi connectivity index (χ1v) is 11.2. The van der Waals surface area contributed by atoms with Gasteiger partial charge in [0.2, 0.25) is 5.91 Å². The molecule has 0 saturated heterocycles. The highest BCUT2D eigenvalue weighted by Crippen LogP contribution is 2.37. The summed E-state index contributed by atoms with van der Waals surface area (Å²) in [6, 6.07) is 2.54. The third-order valence-electron chi connectivity index (χ3n) is 5.29. The summed E-state index contributed by atoms with van der Waals surface area (Å²) in [5.41, 5.74) is 1.43. The Morgan fingerprint density at radius 3 is 2.96 bits per heavy atom. The van der Waals surface area contributed by atoms with Crippen LogP contribution < -0.4 is 5.32 Å². The molecule has 26 heavy (non-hydrogen) atoms. The van der Waals surface area contributed by atoms with Gasteiger partial charge in [-0.15, -0.1) is 21.5 Å². The van der Waals surface area contributed by atoms with Gasteiger partial charge in [-0.05, 0) is 56.6 Å². The number of fused-ring (bicyclic) bond motifs is 1. The second-order valence-corrected chi connectivity index (χ2v) is 9.96. The molecule has 2 atom stereocenters. The van der Waals surface area contributed by atoms with E-state index in [1.54, 1.807) is 11.3 Å². The molecule has 0 bridgehead atoms. The van der Waals surface area contributed by atoms with Crippen LogP contribution in [0.25, 0.3) is 10.8 Å². The van der Waals surface area contributed by atoms with Crippen molar-refractivity contribution in [1.29, 1.82) is 0 Å². The van der Waals surface area contributed by atoms with E-state index in [1.807, 2.05) is 6.92 Å². The third-order valence-corrected chi connectivity index (χ3v) is 7.45. The number of carbonyl (C=O) groups excluding carboxylic acids is 1. The van der Waals surface area contributed by atoms with Gasteiger partial charge in [-0.25, -0.2) is 0 Å². The first kappa shape index (κ1) is 18.0. The van der Waals surface area contributed by atoms with E-state index in [9.17, 15) is 4.79 Å². The van der Waals surface area contributed by atoms with Gasteiger partial charge < -0.3 is 9.73 Å². The van der Waals surface area contributed by atoms with E-state index in [4.69, 9.17) is 4.42 Å². The zero-order valence-corrected chi connectivity index (χ0v) is 16.9. The van der Waals surface area contributed by atoms with Crippen molar-refractivity contribution in [3.63, 3.8) is 0 Å². The van der Waals surface area contributed by atoms with Crippen molar-refractivity contribution in [2.75, 3.05) is 0 Å².